The molecule has 0 spiro atoms. The van der Waals surface area contributed by atoms with Gasteiger partial charge in [-0.1, -0.05) is 50.2 Å². The molecule has 0 aromatic heterocycles. The molecule has 0 aliphatic carbocycles. The smallest absolute Gasteiger partial charge is 0.306 e. The second kappa shape index (κ2) is 15.1. The molecule has 2 aromatic rings. The largest absolute Gasteiger partial charge is 0.494 e. The maximum Gasteiger partial charge on any atom is 0.306 e. The quantitative estimate of drug-likeness (QED) is 0.0606. The summed E-state index contributed by atoms with van der Waals surface area (Å²) in [5.74, 6) is -0.208. The van der Waals surface area contributed by atoms with E-state index in [4.69, 9.17) is 24.3 Å². The number of amides is 1. The van der Waals surface area contributed by atoms with E-state index >= 15 is 0 Å². The molecule has 0 radical (unpaired) electrons. The van der Waals surface area contributed by atoms with Gasteiger partial charge in [0.05, 0.1) is 6.61 Å². The van der Waals surface area contributed by atoms with Crippen molar-refractivity contribution in [2.45, 2.75) is 84.5 Å². The molecular formula is C32H44N6O6. The number of nitrogens with zero attached hydrogens (tertiary/aromatic N) is 4. The number of azide groups is 1. The predicted octanol–water partition coefficient (Wildman–Crippen LogP) is 5.83. The molecule has 12 heteroatoms. The lowest BCUT2D eigenvalue weighted by atomic mass is 9.83. The number of hydrogen-bond donors (Lipinski definition) is 3. The van der Waals surface area contributed by atoms with Crippen molar-refractivity contribution < 1.29 is 28.9 Å². The molecule has 238 valence electrons. The minimum Gasteiger partial charge on any atom is -0.494 e. The highest BCUT2D eigenvalue weighted by molar-refractivity contribution is 6.01. The molecule has 2 aromatic carbocycles. The van der Waals surface area contributed by atoms with E-state index in [9.17, 15) is 15.1 Å². The number of carbonyl (C=O) groups is 2. The molecule has 3 N–H and O–H groups in total. The molecule has 1 amide bonds. The number of carbonyl (C=O) groups excluding carboxylic acids is 2. The van der Waals surface area contributed by atoms with Gasteiger partial charge in [-0.05, 0) is 68.8 Å². The molecule has 2 atom stereocenters. The third-order valence-corrected chi connectivity index (χ3v) is 6.73. The summed E-state index contributed by atoms with van der Waals surface area (Å²) >= 11 is 0. The third kappa shape index (κ3) is 9.70. The lowest BCUT2D eigenvalue weighted by Gasteiger charge is -2.31. The first kappa shape index (κ1) is 34.4. The zero-order valence-electron chi connectivity index (χ0n) is 26.4. The van der Waals surface area contributed by atoms with E-state index in [0.717, 1.165) is 6.42 Å². The summed E-state index contributed by atoms with van der Waals surface area (Å²) in [6.07, 6.45) is 0.0918. The van der Waals surface area contributed by atoms with Crippen LogP contribution in [-0.4, -0.2) is 53.8 Å². The van der Waals surface area contributed by atoms with Crippen LogP contribution in [0.5, 0.6) is 5.75 Å². The second-order valence-electron chi connectivity index (χ2n) is 12.8. The van der Waals surface area contributed by atoms with Crippen molar-refractivity contribution in [1.82, 2.24) is 10.9 Å². The van der Waals surface area contributed by atoms with Crippen LogP contribution in [0, 0.1) is 5.41 Å². The summed E-state index contributed by atoms with van der Waals surface area (Å²) in [5, 5.41) is 12.9. The average Bonchev–Trinajstić information content (AvgIpc) is 3.34. The van der Waals surface area contributed by atoms with Gasteiger partial charge in [0, 0.05) is 47.7 Å². The Morgan fingerprint density at radius 2 is 1.82 bits per heavy atom. The number of benzene rings is 2. The Morgan fingerprint density at radius 1 is 1.11 bits per heavy atom. The molecule has 0 saturated heterocycles. The van der Waals surface area contributed by atoms with E-state index in [1.54, 1.807) is 69.3 Å². The number of ether oxygens (including phenoxy) is 3. The van der Waals surface area contributed by atoms with Gasteiger partial charge in [-0.3, -0.25) is 15.0 Å². The fourth-order valence-electron chi connectivity index (χ4n) is 4.57. The number of esters is 1. The van der Waals surface area contributed by atoms with E-state index < -0.39 is 29.1 Å². The molecule has 1 aliphatic heterocycles. The number of hydrazine groups is 1. The summed E-state index contributed by atoms with van der Waals surface area (Å²) in [5.41, 5.74) is 14.1. The van der Waals surface area contributed by atoms with Gasteiger partial charge < -0.3 is 19.3 Å². The molecule has 1 aliphatic rings. The molecule has 1 heterocycles. The van der Waals surface area contributed by atoms with Crippen LogP contribution in [0.25, 0.3) is 10.4 Å². The SMILES string of the molecule is CC(C)(C)CCNNC(=O)[C@@]1(CCC(=O)OC(C)(C)C)N=C(c2ccc(OCCCO)cc2)O[C@H]1c1ccccc1N=[N+]=[N-]. The van der Waals surface area contributed by atoms with Crippen molar-refractivity contribution in [2.75, 3.05) is 19.8 Å². The summed E-state index contributed by atoms with van der Waals surface area (Å²) in [4.78, 5) is 34.9. The van der Waals surface area contributed by atoms with Crippen molar-refractivity contribution in [3.63, 3.8) is 0 Å². The summed E-state index contributed by atoms with van der Waals surface area (Å²) in [6.45, 7) is 12.5. The zero-order chi connectivity index (χ0) is 32.4. The van der Waals surface area contributed by atoms with Crippen molar-refractivity contribution >= 4 is 23.5 Å². The van der Waals surface area contributed by atoms with Crippen LogP contribution in [0.3, 0.4) is 0 Å². The maximum absolute atomic E-state index is 14.2. The Hall–Kier alpha value is -4.12. The van der Waals surface area contributed by atoms with E-state index in [2.05, 4.69) is 41.6 Å². The summed E-state index contributed by atoms with van der Waals surface area (Å²) in [6, 6.07) is 13.8. The van der Waals surface area contributed by atoms with Crippen molar-refractivity contribution in [2.24, 2.45) is 15.5 Å². The highest BCUT2D eigenvalue weighted by atomic mass is 16.6. The zero-order valence-corrected chi connectivity index (χ0v) is 26.4. The van der Waals surface area contributed by atoms with E-state index in [1.807, 2.05) is 0 Å². The molecule has 3 rings (SSSR count). The van der Waals surface area contributed by atoms with Gasteiger partial charge in [0.1, 0.15) is 11.4 Å². The first-order valence-corrected chi connectivity index (χ1v) is 14.8. The number of nitrogens with one attached hydrogen (secondary N) is 2. The number of aliphatic imine (C=N–C) groups is 1. The number of hydrogen-bond acceptors (Lipinski definition) is 9. The van der Waals surface area contributed by atoms with E-state index in [0.29, 0.717) is 36.4 Å². The van der Waals surface area contributed by atoms with Crippen LogP contribution < -0.4 is 15.6 Å². The molecule has 0 fully saturated rings. The standard InChI is InChI=1S/C32H44N6O6/c1-30(2,3)18-19-34-37-29(41)32(17-16-26(40)44-31(4,5)6)27(24-10-7-8-11-25(24)36-38-33)43-28(35-32)22-12-14-23(15-13-22)42-21-9-20-39/h7-8,10-15,27,34,39H,9,16-21H2,1-6H3,(H,37,41)/t27-,32-/m0/s1. The molecule has 0 saturated carbocycles. The minimum atomic E-state index is -1.63. The Balaban J connectivity index is 2.06. The van der Waals surface area contributed by atoms with Gasteiger partial charge in [0.2, 0.25) is 5.90 Å². The highest BCUT2D eigenvalue weighted by Crippen LogP contribution is 2.46. The summed E-state index contributed by atoms with van der Waals surface area (Å²) < 4.78 is 17.6. The van der Waals surface area contributed by atoms with Crippen molar-refractivity contribution in [3.05, 3.63) is 70.1 Å². The summed E-state index contributed by atoms with van der Waals surface area (Å²) in [7, 11) is 0. The maximum atomic E-state index is 14.2. The van der Waals surface area contributed by atoms with Crippen LogP contribution in [0.15, 0.2) is 58.6 Å². The number of aliphatic hydroxyl groups excluding tert-OH is 1. The lowest BCUT2D eigenvalue weighted by molar-refractivity contribution is -0.155. The normalized spacial score (nSPS) is 18.1. The third-order valence-electron chi connectivity index (χ3n) is 6.73. The topological polar surface area (TPSA) is 167 Å². The Kier molecular flexibility index (Phi) is 11.8. The van der Waals surface area contributed by atoms with Gasteiger partial charge >= 0.3 is 5.97 Å². The van der Waals surface area contributed by atoms with Gasteiger partial charge in [-0.25, -0.2) is 10.4 Å². The monoisotopic (exact) mass is 608 g/mol. The first-order valence-electron chi connectivity index (χ1n) is 14.8. The first-order chi connectivity index (χ1) is 20.8. The highest BCUT2D eigenvalue weighted by Gasteiger charge is 2.54. The fraction of sp³-hybridized carbons (Fsp3) is 0.531. The molecule has 12 nitrogen and oxygen atoms in total. The number of rotatable bonds is 14. The van der Waals surface area contributed by atoms with E-state index in [-0.39, 0.29) is 36.4 Å². The predicted molar refractivity (Wildman–Crippen MR) is 167 cm³/mol. The van der Waals surface area contributed by atoms with Crippen molar-refractivity contribution in [3.8, 4) is 5.75 Å². The second-order valence-corrected chi connectivity index (χ2v) is 12.8. The van der Waals surface area contributed by atoms with Crippen LogP contribution >= 0.6 is 0 Å². The van der Waals surface area contributed by atoms with Crippen LogP contribution in [0.4, 0.5) is 5.69 Å². The molecule has 0 bridgehead atoms. The Bertz CT molecular complexity index is 1360. The molecule has 0 unspecified atom stereocenters. The van der Waals surface area contributed by atoms with Gasteiger partial charge in [-0.15, -0.1) is 0 Å². The van der Waals surface area contributed by atoms with Gasteiger partial charge in [-0.2, -0.15) is 0 Å². The number of aliphatic hydroxyl groups is 1. The Labute approximate surface area is 258 Å². The van der Waals surface area contributed by atoms with Crippen LogP contribution in [0.2, 0.25) is 0 Å². The minimum absolute atomic E-state index is 0.0277. The lowest BCUT2D eigenvalue weighted by Crippen LogP contribution is -2.53. The van der Waals surface area contributed by atoms with E-state index in [1.165, 1.54) is 0 Å². The van der Waals surface area contributed by atoms with Crippen molar-refractivity contribution in [1.29, 1.82) is 0 Å². The molecular weight excluding hydrogens is 564 g/mol. The average molecular weight is 609 g/mol. The molecule has 44 heavy (non-hydrogen) atoms. The fourth-order valence-corrected chi connectivity index (χ4v) is 4.57. The van der Waals surface area contributed by atoms with Gasteiger partial charge in [0.25, 0.3) is 5.91 Å². The Morgan fingerprint density at radius 3 is 2.45 bits per heavy atom. The van der Waals surface area contributed by atoms with Gasteiger partial charge in [0.15, 0.2) is 11.6 Å². The van der Waals surface area contributed by atoms with Crippen LogP contribution in [0.1, 0.15) is 84.5 Å². The van der Waals surface area contributed by atoms with Crippen LogP contribution in [-0.2, 0) is 19.1 Å².